The minimum atomic E-state index is 0. The van der Waals surface area contributed by atoms with E-state index in [4.69, 9.17) is 0 Å². The van der Waals surface area contributed by atoms with Crippen LogP contribution in [0.5, 0.6) is 0 Å². The number of nitrogens with one attached hydrogen (secondary N) is 1. The molecule has 0 spiro atoms. The Morgan fingerprint density at radius 1 is 0.339 bits per heavy atom. The molecule has 0 aliphatic carbocycles. The van der Waals surface area contributed by atoms with E-state index in [-0.39, 0.29) is 65.4 Å². The summed E-state index contributed by atoms with van der Waals surface area (Å²) in [6, 6.07) is 44.3. The van der Waals surface area contributed by atoms with Gasteiger partial charge in [-0.1, -0.05) is 125 Å². The van der Waals surface area contributed by atoms with Crippen molar-refractivity contribution in [3.8, 4) is 22.3 Å². The first-order chi connectivity index (χ1) is 27.8. The predicted octanol–water partition coefficient (Wildman–Crippen LogP) is 14.5. The van der Waals surface area contributed by atoms with E-state index < -0.39 is 0 Å². The number of benzene rings is 4. The molecule has 338 valence electrons. The van der Waals surface area contributed by atoms with Crippen LogP contribution in [0.15, 0.2) is 97.1 Å². The van der Waals surface area contributed by atoms with Crippen LogP contribution in [0.4, 0.5) is 0 Å². The van der Waals surface area contributed by atoms with E-state index in [1.54, 1.807) is 0 Å². The summed E-state index contributed by atoms with van der Waals surface area (Å²) in [5.41, 5.74) is 4.38. The molecular formula is C53H96N4Y2-4. The van der Waals surface area contributed by atoms with Crippen LogP contribution in [0.2, 0.25) is 0 Å². The van der Waals surface area contributed by atoms with Crippen LogP contribution in [0.3, 0.4) is 0 Å². The van der Waals surface area contributed by atoms with E-state index >= 15 is 0 Å². The second kappa shape index (κ2) is 74.4. The number of nitrogens with zero attached hydrogens (tertiary/aromatic N) is 3. The Bertz CT molecular complexity index is 948. The average molecular weight is 967 g/mol. The van der Waals surface area contributed by atoms with E-state index in [1.807, 2.05) is 166 Å². The first-order valence-corrected chi connectivity index (χ1v) is 22.4. The third-order valence-electron chi connectivity index (χ3n) is 7.16. The van der Waals surface area contributed by atoms with E-state index in [0.29, 0.717) is 0 Å². The second-order valence-corrected chi connectivity index (χ2v) is 10.5. The zero-order valence-corrected chi connectivity index (χ0v) is 48.6. The normalized spacial score (nSPS) is 8.20. The van der Waals surface area contributed by atoms with Crippen molar-refractivity contribution in [1.29, 1.82) is 0 Å². The second-order valence-electron chi connectivity index (χ2n) is 10.5. The van der Waals surface area contributed by atoms with E-state index in [2.05, 4.69) is 121 Å². The van der Waals surface area contributed by atoms with Crippen molar-refractivity contribution in [2.45, 2.75) is 125 Å². The number of hydrogen-bond acceptors (Lipinski definition) is 4. The molecule has 0 aromatic heterocycles. The number of rotatable bonds is 10. The Morgan fingerprint density at radius 3 is 0.576 bits per heavy atom. The summed E-state index contributed by atoms with van der Waals surface area (Å²) in [7, 11) is 6.33. The summed E-state index contributed by atoms with van der Waals surface area (Å²) in [6.45, 7) is 46.3. The molecule has 2 radical (unpaired) electrons. The maximum atomic E-state index is 3.15. The molecule has 59 heavy (non-hydrogen) atoms. The summed E-state index contributed by atoms with van der Waals surface area (Å²) < 4.78 is 0. The average Bonchev–Trinajstić information content (AvgIpc) is 3.33. The molecule has 4 nitrogen and oxygen atoms in total. The Hall–Kier alpha value is -1.07. The maximum absolute atomic E-state index is 3.15. The molecule has 4 rings (SSSR count). The van der Waals surface area contributed by atoms with Crippen LogP contribution < -0.4 is 5.32 Å². The minimum Gasteiger partial charge on any atom is -0.317 e. The fourth-order valence-corrected chi connectivity index (χ4v) is 3.16. The first-order valence-electron chi connectivity index (χ1n) is 22.4. The van der Waals surface area contributed by atoms with Gasteiger partial charge in [0.05, 0.1) is 0 Å². The molecule has 0 atom stereocenters. The van der Waals surface area contributed by atoms with Crippen molar-refractivity contribution in [2.75, 3.05) is 73.5 Å². The Morgan fingerprint density at radius 2 is 0.508 bits per heavy atom. The van der Waals surface area contributed by atoms with Crippen LogP contribution in [0.1, 0.15) is 125 Å². The standard InChI is InChI=1S/2C12H8.3C5H13N.C4H11N.5C2H6.2Y/c2*1-3-7-11(8-4-1)12-9-5-2-6-10-12;3*1-4-6(3)5-2;1-3-5-4-2;5*1-2;;/h2*1-7,9H;3*4-5H2,1-3H3;5H,3-4H2,1-2H3;5*1-2H3;;/q2*-2;;;;;;;;;;;. The van der Waals surface area contributed by atoms with Crippen molar-refractivity contribution >= 4 is 0 Å². The van der Waals surface area contributed by atoms with Crippen LogP contribution >= 0.6 is 0 Å². The molecule has 6 heteroatoms. The summed E-state index contributed by atoms with van der Waals surface area (Å²) in [5.74, 6) is 0. The smallest absolute Gasteiger partial charge is 0 e. The molecule has 4 aromatic rings. The Balaban J connectivity index is -0.0000000713. The monoisotopic (exact) mass is 967 g/mol. The molecule has 1 N–H and O–H groups in total. The molecule has 0 unspecified atom stereocenters. The zero-order chi connectivity index (χ0) is 45.5. The van der Waals surface area contributed by atoms with Gasteiger partial charge in [-0.15, -0.1) is 24.3 Å². The SMILES string of the molecule is CC.CC.CC.CC.CC.CCN(C)CC.CCN(C)CC.CCN(C)CC.CCNCC.[Y].[Y].[c-]1ccccc1-c1[c-]cccc1.[c-]1ccccc1-c1[c-]cccc1. The molecule has 0 saturated carbocycles. The van der Waals surface area contributed by atoms with Crippen molar-refractivity contribution in [1.82, 2.24) is 20.0 Å². The van der Waals surface area contributed by atoms with Gasteiger partial charge in [0.1, 0.15) is 0 Å². The molecule has 4 aromatic carbocycles. The third-order valence-corrected chi connectivity index (χ3v) is 7.16. The maximum Gasteiger partial charge on any atom is 0 e. The van der Waals surface area contributed by atoms with Crippen LogP contribution in [-0.4, -0.2) is 88.2 Å². The van der Waals surface area contributed by atoms with Gasteiger partial charge in [0.15, 0.2) is 0 Å². The van der Waals surface area contributed by atoms with E-state index in [9.17, 15) is 0 Å². The van der Waals surface area contributed by atoms with Gasteiger partial charge in [0, 0.05) is 65.4 Å². The summed E-state index contributed by atoms with van der Waals surface area (Å²) in [5, 5.41) is 3.11. The topological polar surface area (TPSA) is 21.8 Å². The molecule has 0 heterocycles. The van der Waals surface area contributed by atoms with Crippen molar-refractivity contribution in [2.24, 2.45) is 0 Å². The number of hydrogen-bond donors (Lipinski definition) is 1. The van der Waals surface area contributed by atoms with Crippen molar-refractivity contribution in [3.63, 3.8) is 0 Å². The van der Waals surface area contributed by atoms with Gasteiger partial charge in [-0.05, 0) is 73.5 Å². The van der Waals surface area contributed by atoms with E-state index in [0.717, 1.165) is 74.6 Å². The summed E-state index contributed by atoms with van der Waals surface area (Å²) >= 11 is 0. The quantitative estimate of drug-likeness (QED) is 0.160. The van der Waals surface area contributed by atoms with Crippen LogP contribution in [0.25, 0.3) is 22.3 Å². The van der Waals surface area contributed by atoms with Crippen LogP contribution in [-0.2, 0) is 65.4 Å². The zero-order valence-electron chi connectivity index (χ0n) is 42.9. The fraction of sp³-hybridized carbons (Fsp3) is 0.547. The summed E-state index contributed by atoms with van der Waals surface area (Å²) in [4.78, 5) is 6.75. The first kappa shape index (κ1) is 78.4. The molecule has 0 aliphatic heterocycles. The van der Waals surface area contributed by atoms with Gasteiger partial charge in [-0.3, -0.25) is 0 Å². The van der Waals surface area contributed by atoms with Gasteiger partial charge in [-0.25, -0.2) is 22.3 Å². The van der Waals surface area contributed by atoms with Gasteiger partial charge >= 0.3 is 0 Å². The van der Waals surface area contributed by atoms with Crippen molar-refractivity contribution in [3.05, 3.63) is 121 Å². The molecule has 0 bridgehead atoms. The predicted molar refractivity (Wildman–Crippen MR) is 267 cm³/mol. The molecule has 0 aliphatic rings. The Kier molecular flexibility index (Phi) is 98.9. The van der Waals surface area contributed by atoms with Crippen molar-refractivity contribution < 1.29 is 65.4 Å². The molecule has 0 amide bonds. The molecule has 0 fully saturated rings. The molecule has 0 saturated heterocycles. The summed E-state index contributed by atoms with van der Waals surface area (Å²) in [6.07, 6.45) is 0. The van der Waals surface area contributed by atoms with Gasteiger partial charge in [-0.2, -0.15) is 97.1 Å². The van der Waals surface area contributed by atoms with Gasteiger partial charge in [0.25, 0.3) is 0 Å². The molecular weight excluding hydrogens is 870 g/mol. The third kappa shape index (κ3) is 61.3. The fourth-order valence-electron chi connectivity index (χ4n) is 3.16. The van der Waals surface area contributed by atoms with Gasteiger partial charge in [0.2, 0.25) is 0 Å². The van der Waals surface area contributed by atoms with Crippen LogP contribution in [0, 0.1) is 24.3 Å². The minimum absolute atomic E-state index is 0. The van der Waals surface area contributed by atoms with E-state index in [1.165, 1.54) is 0 Å². The Labute approximate surface area is 423 Å². The largest absolute Gasteiger partial charge is 0.317 e. The van der Waals surface area contributed by atoms with Gasteiger partial charge < -0.3 is 20.0 Å².